The fourth-order valence-electron chi connectivity index (χ4n) is 5.95. The number of carbonyl (C=O) groups excluding carboxylic acids is 2. The van der Waals surface area contributed by atoms with E-state index in [-0.39, 0.29) is 11.6 Å². The second-order valence-corrected chi connectivity index (χ2v) is 9.90. The van der Waals surface area contributed by atoms with Crippen LogP contribution in [0.5, 0.6) is 0 Å². The fraction of sp³-hybridized carbons (Fsp3) is 0.179. The molecule has 6 rings (SSSR count). The second-order valence-electron chi connectivity index (χ2n) is 9.03. The number of rotatable bonds is 2. The number of fused-ring (bicyclic) bond motifs is 2. The first-order chi connectivity index (χ1) is 16.4. The number of Topliss-reactive ketones (excluding diaryl/α,β-unsaturated/α-hetero) is 2. The highest BCUT2D eigenvalue weighted by molar-refractivity contribution is 6.31. The molecule has 1 spiro atoms. The topological polar surface area (TPSA) is 52.0 Å². The van der Waals surface area contributed by atoms with Crippen LogP contribution in [0.2, 0.25) is 10.0 Å². The third-order valence-corrected chi connectivity index (χ3v) is 7.83. The summed E-state index contributed by atoms with van der Waals surface area (Å²) in [5.74, 6) is -0.370. The van der Waals surface area contributed by atoms with Gasteiger partial charge in [0.25, 0.3) is 0 Å². The largest absolute Gasteiger partial charge is 0.293 e. The van der Waals surface area contributed by atoms with Crippen LogP contribution in [-0.4, -0.2) is 21.3 Å². The van der Waals surface area contributed by atoms with E-state index in [1.54, 1.807) is 35.0 Å². The highest BCUT2D eigenvalue weighted by atomic mass is 35.5. The van der Waals surface area contributed by atoms with E-state index < -0.39 is 11.0 Å². The minimum Gasteiger partial charge on any atom is -0.293 e. The molecule has 0 fully saturated rings. The summed E-state index contributed by atoms with van der Waals surface area (Å²) in [5, 5.41) is 5.96. The van der Waals surface area contributed by atoms with Gasteiger partial charge in [-0.1, -0.05) is 71.7 Å². The van der Waals surface area contributed by atoms with E-state index in [0.717, 1.165) is 16.7 Å². The van der Waals surface area contributed by atoms with Crippen LogP contribution in [0.25, 0.3) is 0 Å². The predicted molar refractivity (Wildman–Crippen MR) is 132 cm³/mol. The Labute approximate surface area is 207 Å². The molecule has 0 bridgehead atoms. The van der Waals surface area contributed by atoms with E-state index in [1.165, 1.54) is 0 Å². The van der Waals surface area contributed by atoms with Gasteiger partial charge in [-0.05, 0) is 66.8 Å². The molecule has 0 N–H and O–H groups in total. The van der Waals surface area contributed by atoms with Gasteiger partial charge in [0.1, 0.15) is 16.6 Å². The highest BCUT2D eigenvalue weighted by Gasteiger charge is 2.70. The minimum absolute atomic E-state index is 0.174. The van der Waals surface area contributed by atoms with Crippen molar-refractivity contribution in [2.45, 2.75) is 25.3 Å². The number of aryl methyl sites for hydroxylation is 2. The summed E-state index contributed by atoms with van der Waals surface area (Å²) >= 11 is 12.5. The van der Waals surface area contributed by atoms with Gasteiger partial charge in [-0.2, -0.15) is 5.10 Å². The molecule has 1 aliphatic carbocycles. The first-order valence-electron chi connectivity index (χ1n) is 11.2. The van der Waals surface area contributed by atoms with Crippen molar-refractivity contribution < 1.29 is 9.59 Å². The first-order valence-corrected chi connectivity index (χ1v) is 11.9. The van der Waals surface area contributed by atoms with Crippen LogP contribution in [0.3, 0.4) is 0 Å². The monoisotopic (exact) mass is 486 g/mol. The molecule has 1 atom stereocenters. The number of ketones is 2. The Morgan fingerprint density at radius 3 is 2.03 bits per heavy atom. The third kappa shape index (κ3) is 2.58. The van der Waals surface area contributed by atoms with E-state index in [0.29, 0.717) is 39.8 Å². The summed E-state index contributed by atoms with van der Waals surface area (Å²) in [6, 6.07) is 24.1. The number of carbonyl (C=O) groups is 2. The van der Waals surface area contributed by atoms with Gasteiger partial charge < -0.3 is 0 Å². The number of halogens is 2. The van der Waals surface area contributed by atoms with Crippen LogP contribution < -0.4 is 0 Å². The van der Waals surface area contributed by atoms with Crippen molar-refractivity contribution in [3.8, 4) is 0 Å². The minimum atomic E-state index is -1.39. The number of nitrogens with zero attached hydrogens (tertiary/aromatic N) is 2. The van der Waals surface area contributed by atoms with Crippen molar-refractivity contribution in [1.29, 1.82) is 0 Å². The molecule has 34 heavy (non-hydrogen) atoms. The normalized spacial score (nSPS) is 20.4. The molecule has 1 aromatic heterocycles. The van der Waals surface area contributed by atoms with Crippen LogP contribution >= 0.6 is 23.2 Å². The van der Waals surface area contributed by atoms with Crippen molar-refractivity contribution >= 4 is 34.8 Å². The quantitative estimate of drug-likeness (QED) is 0.312. The summed E-state index contributed by atoms with van der Waals surface area (Å²) in [7, 11) is 0. The lowest BCUT2D eigenvalue weighted by molar-refractivity contribution is 0.0515. The average Bonchev–Trinajstić information content (AvgIpc) is 3.31. The van der Waals surface area contributed by atoms with Gasteiger partial charge in [-0.15, -0.1) is 0 Å². The number of benzene rings is 3. The molecule has 0 saturated heterocycles. The Hall–Kier alpha value is -3.21. The van der Waals surface area contributed by atoms with Crippen LogP contribution in [0.15, 0.2) is 78.9 Å². The average molecular weight is 487 g/mol. The Balaban J connectivity index is 1.77. The molecule has 3 aromatic carbocycles. The zero-order valence-corrected chi connectivity index (χ0v) is 19.9. The third-order valence-electron chi connectivity index (χ3n) is 7.33. The molecule has 4 nitrogen and oxygen atoms in total. The highest BCUT2D eigenvalue weighted by Crippen LogP contribution is 2.60. The van der Waals surface area contributed by atoms with E-state index in [1.807, 2.05) is 55.5 Å². The number of hydrogen-bond acceptors (Lipinski definition) is 3. The Bertz CT molecular complexity index is 1430. The Morgan fingerprint density at radius 2 is 1.41 bits per heavy atom. The Morgan fingerprint density at radius 1 is 0.824 bits per heavy atom. The van der Waals surface area contributed by atoms with Crippen molar-refractivity contribution in [1.82, 2.24) is 9.78 Å². The van der Waals surface area contributed by atoms with Crippen molar-refractivity contribution in [3.05, 3.63) is 123 Å². The van der Waals surface area contributed by atoms with Gasteiger partial charge in [0.15, 0.2) is 11.6 Å². The van der Waals surface area contributed by atoms with E-state index in [4.69, 9.17) is 28.3 Å². The fourth-order valence-corrected chi connectivity index (χ4v) is 6.21. The molecule has 0 amide bonds. The molecular weight excluding hydrogens is 467 g/mol. The van der Waals surface area contributed by atoms with Crippen molar-refractivity contribution in [2.75, 3.05) is 0 Å². The summed E-state index contributed by atoms with van der Waals surface area (Å²) in [6.07, 6.45) is 0.982. The SMILES string of the molecule is Cc1cc2n(n1)C(c1ccc(Cl)cc1)(c1ccc(Cl)cc1)[C@]1(CCc3ccccc3C1=O)C2=O. The van der Waals surface area contributed by atoms with Crippen molar-refractivity contribution in [3.63, 3.8) is 0 Å². The molecule has 0 radical (unpaired) electrons. The Kier molecular flexibility index (Phi) is 4.64. The standard InChI is InChI=1S/C28H20Cl2N2O2/c1-17-16-24-26(34)27(15-14-18-4-2-3-5-23(18)25(27)33)28(32(24)31-17,19-6-10-21(29)11-7-19)20-8-12-22(30)13-9-20/h2-13,16H,14-15H2,1H3/t27-/m0/s1. The molecule has 168 valence electrons. The molecule has 2 heterocycles. The summed E-state index contributed by atoms with van der Waals surface area (Å²) in [5.41, 5.74) is 1.70. The molecule has 6 heteroatoms. The maximum Gasteiger partial charge on any atom is 0.198 e. The van der Waals surface area contributed by atoms with Gasteiger partial charge in [-0.3, -0.25) is 9.59 Å². The van der Waals surface area contributed by atoms with Crippen LogP contribution in [0.1, 0.15) is 49.7 Å². The van der Waals surface area contributed by atoms with Crippen molar-refractivity contribution in [2.24, 2.45) is 5.41 Å². The van der Waals surface area contributed by atoms with Gasteiger partial charge >= 0.3 is 0 Å². The molecule has 0 unspecified atom stereocenters. The second kappa shape index (κ2) is 7.39. The number of hydrogen-bond donors (Lipinski definition) is 0. The molecule has 4 aromatic rings. The molecule has 0 saturated carbocycles. The van der Waals surface area contributed by atoms with E-state index in [9.17, 15) is 9.59 Å². The van der Waals surface area contributed by atoms with Gasteiger partial charge in [-0.25, -0.2) is 4.68 Å². The molecule has 1 aliphatic heterocycles. The van der Waals surface area contributed by atoms with Crippen LogP contribution in [-0.2, 0) is 12.0 Å². The predicted octanol–water partition coefficient (Wildman–Crippen LogP) is 6.30. The zero-order valence-electron chi connectivity index (χ0n) is 18.4. The first kappa shape index (κ1) is 21.3. The lowest BCUT2D eigenvalue weighted by Crippen LogP contribution is -2.57. The summed E-state index contributed by atoms with van der Waals surface area (Å²) < 4.78 is 1.77. The molecule has 2 aliphatic rings. The van der Waals surface area contributed by atoms with Gasteiger partial charge in [0.05, 0.1) is 5.69 Å². The smallest absolute Gasteiger partial charge is 0.198 e. The van der Waals surface area contributed by atoms with Gasteiger partial charge in [0, 0.05) is 15.6 Å². The van der Waals surface area contributed by atoms with E-state index >= 15 is 0 Å². The van der Waals surface area contributed by atoms with Crippen LogP contribution in [0.4, 0.5) is 0 Å². The van der Waals surface area contributed by atoms with E-state index in [2.05, 4.69) is 0 Å². The zero-order chi connectivity index (χ0) is 23.7. The summed E-state index contributed by atoms with van der Waals surface area (Å²) in [4.78, 5) is 28.9. The van der Waals surface area contributed by atoms with Gasteiger partial charge in [0.2, 0.25) is 0 Å². The lowest BCUT2D eigenvalue weighted by Gasteiger charge is -2.46. The maximum absolute atomic E-state index is 14.5. The summed E-state index contributed by atoms with van der Waals surface area (Å²) in [6.45, 7) is 1.86. The molecular formula is C28H20Cl2N2O2. The van der Waals surface area contributed by atoms with Crippen LogP contribution in [0, 0.1) is 12.3 Å². The number of aromatic nitrogens is 2. The lowest BCUT2D eigenvalue weighted by atomic mass is 9.55. The maximum atomic E-state index is 14.5.